The zero-order valence-electron chi connectivity index (χ0n) is 11.0. The lowest BCUT2D eigenvalue weighted by atomic mass is 10.1. The van der Waals surface area contributed by atoms with Crippen molar-refractivity contribution in [3.63, 3.8) is 0 Å². The van der Waals surface area contributed by atoms with E-state index in [9.17, 15) is 9.90 Å². The molecule has 0 spiro atoms. The highest BCUT2D eigenvalue weighted by Crippen LogP contribution is 2.11. The molecule has 0 bridgehead atoms. The molecular formula is C13H20N2O3. The van der Waals surface area contributed by atoms with Gasteiger partial charge in [0.05, 0.1) is 5.56 Å². The summed E-state index contributed by atoms with van der Waals surface area (Å²) >= 11 is 0. The van der Waals surface area contributed by atoms with Crippen LogP contribution in [0.25, 0.3) is 0 Å². The Kier molecular flexibility index (Phi) is 5.25. The lowest BCUT2D eigenvalue weighted by Gasteiger charge is -2.22. The molecule has 1 atom stereocenters. The van der Waals surface area contributed by atoms with Gasteiger partial charge in [0.15, 0.2) is 6.29 Å². The molecule has 0 fully saturated rings. The van der Waals surface area contributed by atoms with Crippen LogP contribution < -0.4 is 10.1 Å². The van der Waals surface area contributed by atoms with E-state index < -0.39 is 6.10 Å². The monoisotopic (exact) mass is 252 g/mol. The van der Waals surface area contributed by atoms with Crippen molar-refractivity contribution in [2.75, 3.05) is 13.2 Å². The number of rotatable bonds is 6. The highest BCUT2D eigenvalue weighted by atomic mass is 16.5. The molecule has 1 aromatic heterocycles. The maximum Gasteiger partial charge on any atom is 0.224 e. The molecule has 1 rings (SSSR count). The molecule has 0 saturated carbocycles. The van der Waals surface area contributed by atoms with Crippen molar-refractivity contribution in [1.82, 2.24) is 10.3 Å². The van der Waals surface area contributed by atoms with Crippen LogP contribution in [0.5, 0.6) is 5.88 Å². The largest absolute Gasteiger partial charge is 0.474 e. The first-order valence-corrected chi connectivity index (χ1v) is 5.88. The van der Waals surface area contributed by atoms with E-state index in [1.54, 1.807) is 18.3 Å². The molecule has 1 aromatic rings. The Morgan fingerprint density at radius 2 is 2.28 bits per heavy atom. The third kappa shape index (κ3) is 5.25. The molecule has 0 unspecified atom stereocenters. The van der Waals surface area contributed by atoms with Crippen molar-refractivity contribution >= 4 is 6.29 Å². The van der Waals surface area contributed by atoms with Gasteiger partial charge in [0.25, 0.3) is 0 Å². The lowest BCUT2D eigenvalue weighted by Crippen LogP contribution is -2.42. The Balaban J connectivity index is 2.42. The Hall–Kier alpha value is -1.46. The zero-order chi connectivity index (χ0) is 13.6. The number of aliphatic hydroxyl groups is 1. The highest BCUT2D eigenvalue weighted by Gasteiger charge is 2.13. The second-order valence-corrected chi connectivity index (χ2v) is 5.11. The van der Waals surface area contributed by atoms with E-state index in [1.165, 1.54) is 0 Å². The maximum atomic E-state index is 10.7. The normalized spacial score (nSPS) is 13.1. The first-order valence-electron chi connectivity index (χ1n) is 5.88. The summed E-state index contributed by atoms with van der Waals surface area (Å²) in [7, 11) is 0. The van der Waals surface area contributed by atoms with E-state index in [2.05, 4.69) is 10.3 Å². The van der Waals surface area contributed by atoms with E-state index in [-0.39, 0.29) is 18.0 Å². The van der Waals surface area contributed by atoms with Crippen molar-refractivity contribution in [2.24, 2.45) is 0 Å². The van der Waals surface area contributed by atoms with Crippen molar-refractivity contribution in [1.29, 1.82) is 0 Å². The van der Waals surface area contributed by atoms with Crippen molar-refractivity contribution in [3.8, 4) is 5.88 Å². The molecule has 0 aliphatic heterocycles. The van der Waals surface area contributed by atoms with Gasteiger partial charge in [-0.3, -0.25) is 4.79 Å². The minimum atomic E-state index is -0.647. The molecule has 0 saturated heterocycles. The number of β-amino-alcohol motifs (C(OH)–C–C–N with tert-alkyl or cyclic N) is 1. The van der Waals surface area contributed by atoms with Gasteiger partial charge in [0.2, 0.25) is 5.88 Å². The number of pyridine rings is 1. The quantitative estimate of drug-likeness (QED) is 0.740. The molecule has 0 aliphatic carbocycles. The van der Waals surface area contributed by atoms with E-state index >= 15 is 0 Å². The van der Waals surface area contributed by atoms with Crippen LogP contribution in [0.3, 0.4) is 0 Å². The van der Waals surface area contributed by atoms with Gasteiger partial charge in [-0.1, -0.05) is 0 Å². The average molecular weight is 252 g/mol. The number of nitrogens with zero attached hydrogens (tertiary/aromatic N) is 1. The second-order valence-electron chi connectivity index (χ2n) is 5.11. The SMILES string of the molecule is CC(C)(C)NC[C@H](O)COc1ncccc1C=O. The van der Waals surface area contributed by atoms with Gasteiger partial charge in [-0.25, -0.2) is 4.98 Å². The summed E-state index contributed by atoms with van der Waals surface area (Å²) in [5.74, 6) is 0.252. The number of aromatic nitrogens is 1. The summed E-state index contributed by atoms with van der Waals surface area (Å²) in [6.45, 7) is 6.57. The van der Waals surface area contributed by atoms with Crippen LogP contribution in [-0.4, -0.2) is 41.2 Å². The van der Waals surface area contributed by atoms with Gasteiger partial charge < -0.3 is 15.2 Å². The minimum absolute atomic E-state index is 0.0556. The number of carbonyl (C=O) groups is 1. The smallest absolute Gasteiger partial charge is 0.224 e. The van der Waals surface area contributed by atoms with Gasteiger partial charge in [0.1, 0.15) is 12.7 Å². The Bertz CT molecular complexity index is 388. The van der Waals surface area contributed by atoms with Gasteiger partial charge in [-0.2, -0.15) is 0 Å². The van der Waals surface area contributed by atoms with Crippen molar-refractivity contribution in [2.45, 2.75) is 32.4 Å². The molecule has 0 amide bonds. The summed E-state index contributed by atoms with van der Waals surface area (Å²) in [6, 6.07) is 3.28. The molecule has 18 heavy (non-hydrogen) atoms. The van der Waals surface area contributed by atoms with E-state index in [4.69, 9.17) is 4.74 Å². The van der Waals surface area contributed by atoms with Crippen molar-refractivity contribution in [3.05, 3.63) is 23.9 Å². The fourth-order valence-corrected chi connectivity index (χ4v) is 1.27. The zero-order valence-corrected chi connectivity index (χ0v) is 11.0. The topological polar surface area (TPSA) is 71.4 Å². The number of aldehydes is 1. The summed E-state index contributed by atoms with van der Waals surface area (Å²) in [5.41, 5.74) is 0.327. The molecule has 1 heterocycles. The number of hydrogen-bond donors (Lipinski definition) is 2. The summed E-state index contributed by atoms with van der Waals surface area (Å²) < 4.78 is 5.32. The second kappa shape index (κ2) is 6.47. The highest BCUT2D eigenvalue weighted by molar-refractivity contribution is 5.77. The first-order chi connectivity index (χ1) is 8.42. The third-order valence-corrected chi connectivity index (χ3v) is 2.21. The minimum Gasteiger partial charge on any atom is -0.474 e. The molecule has 100 valence electrons. The molecule has 2 N–H and O–H groups in total. The summed E-state index contributed by atoms with van der Waals surface area (Å²) in [4.78, 5) is 14.7. The van der Waals surface area contributed by atoms with Gasteiger partial charge in [0, 0.05) is 18.3 Å². The lowest BCUT2D eigenvalue weighted by molar-refractivity contribution is 0.0959. The third-order valence-electron chi connectivity index (χ3n) is 2.21. The Labute approximate surface area is 107 Å². The van der Waals surface area contributed by atoms with E-state index in [0.29, 0.717) is 18.4 Å². The average Bonchev–Trinajstić information content (AvgIpc) is 2.33. The van der Waals surface area contributed by atoms with E-state index in [0.717, 1.165) is 0 Å². The molecular weight excluding hydrogens is 232 g/mol. The van der Waals surface area contributed by atoms with E-state index in [1.807, 2.05) is 20.8 Å². The molecule has 0 aliphatic rings. The van der Waals surface area contributed by atoms with Crippen LogP contribution in [0.2, 0.25) is 0 Å². The predicted octanol–water partition coefficient (Wildman–Crippen LogP) is 1.02. The fraction of sp³-hybridized carbons (Fsp3) is 0.538. The standard InChI is InChI=1S/C13H20N2O3/c1-13(2,3)15-7-11(17)9-18-12-10(8-16)5-4-6-14-12/h4-6,8,11,15,17H,7,9H2,1-3H3/t11-/m0/s1. The first kappa shape index (κ1) is 14.6. The van der Waals surface area contributed by atoms with Crippen molar-refractivity contribution < 1.29 is 14.6 Å². The van der Waals surface area contributed by atoms with Crippen LogP contribution in [0, 0.1) is 0 Å². The van der Waals surface area contributed by atoms with Gasteiger partial charge in [-0.15, -0.1) is 0 Å². The number of aliphatic hydroxyl groups excluding tert-OH is 1. The Morgan fingerprint density at radius 1 is 1.56 bits per heavy atom. The van der Waals surface area contributed by atoms with Crippen LogP contribution >= 0.6 is 0 Å². The summed E-state index contributed by atoms with van der Waals surface area (Å²) in [5, 5.41) is 12.9. The molecule has 5 nitrogen and oxygen atoms in total. The Morgan fingerprint density at radius 3 is 2.89 bits per heavy atom. The molecule has 0 radical (unpaired) electrons. The van der Waals surface area contributed by atoms with Gasteiger partial charge >= 0.3 is 0 Å². The predicted molar refractivity (Wildman–Crippen MR) is 68.9 cm³/mol. The fourth-order valence-electron chi connectivity index (χ4n) is 1.27. The van der Waals surface area contributed by atoms with Crippen LogP contribution in [0.15, 0.2) is 18.3 Å². The molecule has 0 aromatic carbocycles. The van der Waals surface area contributed by atoms with Crippen LogP contribution in [0.1, 0.15) is 31.1 Å². The molecule has 5 heteroatoms. The number of hydrogen-bond acceptors (Lipinski definition) is 5. The summed E-state index contributed by atoms with van der Waals surface area (Å²) in [6.07, 6.45) is 1.58. The number of carbonyl (C=O) groups excluding carboxylic acids is 1. The van der Waals surface area contributed by atoms with Gasteiger partial charge in [-0.05, 0) is 32.9 Å². The van der Waals surface area contributed by atoms with Crippen LogP contribution in [-0.2, 0) is 0 Å². The maximum absolute atomic E-state index is 10.7. The number of ether oxygens (including phenoxy) is 1. The van der Waals surface area contributed by atoms with Crippen LogP contribution in [0.4, 0.5) is 0 Å². The number of nitrogens with one attached hydrogen (secondary N) is 1.